The van der Waals surface area contributed by atoms with Crippen molar-refractivity contribution in [2.75, 3.05) is 5.73 Å². The first-order valence-electron chi connectivity index (χ1n) is 5.79. The maximum Gasteiger partial charge on any atom is 0.258 e. The van der Waals surface area contributed by atoms with E-state index in [2.05, 4.69) is 26.1 Å². The molecule has 100 valence electrons. The average molecular weight is 334 g/mol. The van der Waals surface area contributed by atoms with Gasteiger partial charge >= 0.3 is 0 Å². The number of rotatable bonds is 2. The van der Waals surface area contributed by atoms with E-state index in [-0.39, 0.29) is 11.6 Å². The van der Waals surface area contributed by atoms with Gasteiger partial charge in [-0.15, -0.1) is 0 Å². The van der Waals surface area contributed by atoms with Crippen molar-refractivity contribution >= 4 is 21.6 Å². The lowest BCUT2D eigenvalue weighted by molar-refractivity contribution is 0.432. The predicted octanol–water partition coefficient (Wildman–Crippen LogP) is 3.89. The lowest BCUT2D eigenvalue weighted by Gasteiger charge is -1.98. The van der Waals surface area contributed by atoms with Crippen molar-refractivity contribution in [1.82, 2.24) is 10.1 Å². The van der Waals surface area contributed by atoms with Crippen molar-refractivity contribution in [3.8, 4) is 22.8 Å². The van der Waals surface area contributed by atoms with Crippen LogP contribution in [0, 0.1) is 5.82 Å². The van der Waals surface area contributed by atoms with Crippen molar-refractivity contribution in [2.24, 2.45) is 0 Å². The van der Waals surface area contributed by atoms with Crippen molar-refractivity contribution in [3.05, 3.63) is 52.8 Å². The van der Waals surface area contributed by atoms with E-state index in [9.17, 15) is 4.39 Å². The van der Waals surface area contributed by atoms with E-state index in [1.165, 1.54) is 12.1 Å². The molecule has 0 bridgehead atoms. The molecule has 3 rings (SSSR count). The number of nitrogens with zero attached hydrogens (tertiary/aromatic N) is 2. The first-order valence-corrected chi connectivity index (χ1v) is 6.58. The molecule has 1 heterocycles. The van der Waals surface area contributed by atoms with E-state index in [1.807, 2.05) is 24.3 Å². The molecule has 0 radical (unpaired) electrons. The number of aromatic nitrogens is 2. The molecule has 0 atom stereocenters. The van der Waals surface area contributed by atoms with Gasteiger partial charge in [0, 0.05) is 15.6 Å². The van der Waals surface area contributed by atoms with Crippen LogP contribution >= 0.6 is 15.9 Å². The van der Waals surface area contributed by atoms with Gasteiger partial charge in [-0.25, -0.2) is 4.39 Å². The Kier molecular flexibility index (Phi) is 3.23. The van der Waals surface area contributed by atoms with E-state index in [4.69, 9.17) is 10.3 Å². The molecule has 0 spiro atoms. The summed E-state index contributed by atoms with van der Waals surface area (Å²) >= 11 is 3.42. The Balaban J connectivity index is 2.02. The Labute approximate surface area is 122 Å². The number of benzene rings is 2. The Morgan fingerprint density at radius 2 is 1.95 bits per heavy atom. The molecule has 0 amide bonds. The molecule has 0 aliphatic heterocycles. The van der Waals surface area contributed by atoms with E-state index < -0.39 is 5.82 Å². The number of hydrogen-bond acceptors (Lipinski definition) is 4. The van der Waals surface area contributed by atoms with Gasteiger partial charge in [-0.3, -0.25) is 0 Å². The summed E-state index contributed by atoms with van der Waals surface area (Å²) in [6.07, 6.45) is 0. The third-order valence-corrected chi connectivity index (χ3v) is 3.48. The van der Waals surface area contributed by atoms with E-state index >= 15 is 0 Å². The van der Waals surface area contributed by atoms with Crippen LogP contribution in [0.1, 0.15) is 0 Å². The summed E-state index contributed by atoms with van der Waals surface area (Å²) in [5, 5.41) is 3.91. The fraction of sp³-hybridized carbons (Fsp3) is 0. The molecule has 6 heteroatoms. The highest BCUT2D eigenvalue weighted by Crippen LogP contribution is 2.28. The molecule has 0 unspecified atom stereocenters. The zero-order valence-corrected chi connectivity index (χ0v) is 11.8. The maximum atomic E-state index is 13.4. The van der Waals surface area contributed by atoms with Crippen molar-refractivity contribution < 1.29 is 8.91 Å². The molecule has 2 N–H and O–H groups in total. The predicted molar refractivity (Wildman–Crippen MR) is 77.2 cm³/mol. The minimum atomic E-state index is -0.511. The summed E-state index contributed by atoms with van der Waals surface area (Å²) in [6, 6.07) is 11.9. The van der Waals surface area contributed by atoms with Gasteiger partial charge in [-0.05, 0) is 30.3 Å². The minimum absolute atomic E-state index is 0.0827. The van der Waals surface area contributed by atoms with E-state index in [0.717, 1.165) is 10.0 Å². The molecule has 1 aromatic heterocycles. The van der Waals surface area contributed by atoms with E-state index in [1.54, 1.807) is 6.07 Å². The maximum absolute atomic E-state index is 13.4. The molecule has 0 saturated heterocycles. The Bertz CT molecular complexity index is 773. The summed E-state index contributed by atoms with van der Waals surface area (Å²) in [7, 11) is 0. The molecule has 0 aliphatic carbocycles. The molecule has 0 aliphatic rings. The van der Waals surface area contributed by atoms with Gasteiger partial charge in [0.2, 0.25) is 5.82 Å². The van der Waals surface area contributed by atoms with Crippen LogP contribution < -0.4 is 5.73 Å². The highest BCUT2D eigenvalue weighted by atomic mass is 79.9. The second kappa shape index (κ2) is 5.05. The van der Waals surface area contributed by atoms with Crippen molar-refractivity contribution in [2.45, 2.75) is 0 Å². The molecule has 2 aromatic carbocycles. The van der Waals surface area contributed by atoms with Crippen molar-refractivity contribution in [1.29, 1.82) is 0 Å². The molecular formula is C14H9BrFN3O. The first kappa shape index (κ1) is 12.8. The molecule has 0 saturated carbocycles. The third kappa shape index (κ3) is 2.30. The zero-order chi connectivity index (χ0) is 14.1. The Morgan fingerprint density at radius 1 is 1.15 bits per heavy atom. The van der Waals surface area contributed by atoms with Gasteiger partial charge in [0.1, 0.15) is 5.82 Å². The minimum Gasteiger partial charge on any atom is -0.396 e. The summed E-state index contributed by atoms with van der Waals surface area (Å²) in [5.74, 6) is 0.169. The molecule has 0 fully saturated rings. The second-order valence-electron chi connectivity index (χ2n) is 4.14. The van der Waals surface area contributed by atoms with Crippen LogP contribution in [-0.4, -0.2) is 10.1 Å². The van der Waals surface area contributed by atoms with E-state index in [0.29, 0.717) is 11.4 Å². The summed E-state index contributed by atoms with van der Waals surface area (Å²) in [6.45, 7) is 0. The van der Waals surface area contributed by atoms with Gasteiger partial charge in [0.25, 0.3) is 5.89 Å². The fourth-order valence-electron chi connectivity index (χ4n) is 1.75. The van der Waals surface area contributed by atoms with Crippen LogP contribution in [0.25, 0.3) is 22.8 Å². The monoisotopic (exact) mass is 333 g/mol. The van der Waals surface area contributed by atoms with Gasteiger partial charge in [0.15, 0.2) is 0 Å². The van der Waals surface area contributed by atoms with Gasteiger partial charge in [0.05, 0.1) is 5.69 Å². The summed E-state index contributed by atoms with van der Waals surface area (Å²) < 4.78 is 19.5. The molecule has 4 nitrogen and oxygen atoms in total. The molecule has 3 aromatic rings. The van der Waals surface area contributed by atoms with Crippen molar-refractivity contribution in [3.63, 3.8) is 0 Å². The van der Waals surface area contributed by atoms with Crippen LogP contribution in [0.3, 0.4) is 0 Å². The van der Waals surface area contributed by atoms with Crippen LogP contribution in [0.4, 0.5) is 10.1 Å². The van der Waals surface area contributed by atoms with Gasteiger partial charge < -0.3 is 10.3 Å². The summed E-state index contributed by atoms with van der Waals surface area (Å²) in [5.41, 5.74) is 6.81. The smallest absolute Gasteiger partial charge is 0.258 e. The number of hydrogen-bond donors (Lipinski definition) is 1. The van der Waals surface area contributed by atoms with Crippen LogP contribution in [0.5, 0.6) is 0 Å². The highest BCUT2D eigenvalue weighted by Gasteiger charge is 2.13. The lowest BCUT2D eigenvalue weighted by atomic mass is 10.2. The Hall–Kier alpha value is -2.21. The quantitative estimate of drug-likeness (QED) is 0.722. The summed E-state index contributed by atoms with van der Waals surface area (Å²) in [4.78, 5) is 4.27. The number of anilines is 1. The van der Waals surface area contributed by atoms with Crippen LogP contribution in [0.15, 0.2) is 51.5 Å². The Morgan fingerprint density at radius 3 is 2.70 bits per heavy atom. The number of nitrogen functional groups attached to an aromatic ring is 1. The van der Waals surface area contributed by atoms with Crippen LogP contribution in [-0.2, 0) is 0 Å². The largest absolute Gasteiger partial charge is 0.396 e. The fourth-order valence-corrected chi connectivity index (χ4v) is 2.21. The zero-order valence-electron chi connectivity index (χ0n) is 10.2. The molecular weight excluding hydrogens is 325 g/mol. The highest BCUT2D eigenvalue weighted by molar-refractivity contribution is 9.10. The van der Waals surface area contributed by atoms with Crippen LogP contribution in [0.2, 0.25) is 0 Å². The first-order chi connectivity index (χ1) is 9.65. The lowest BCUT2D eigenvalue weighted by Crippen LogP contribution is -1.90. The second-order valence-corrected chi connectivity index (χ2v) is 4.99. The third-order valence-electron chi connectivity index (χ3n) is 2.79. The number of nitrogens with two attached hydrogens (primary N) is 1. The average Bonchev–Trinajstić information content (AvgIpc) is 2.92. The molecule has 20 heavy (non-hydrogen) atoms. The standard InChI is InChI=1S/C14H9BrFN3O/c15-10-4-2-1-3-9(10)13-18-14(20-19-13)8-5-6-12(17)11(16)7-8/h1-7H,17H2. The number of halogens is 2. The topological polar surface area (TPSA) is 64.9 Å². The van der Waals surface area contributed by atoms with Gasteiger partial charge in [-0.1, -0.05) is 33.2 Å². The van der Waals surface area contributed by atoms with Gasteiger partial charge in [-0.2, -0.15) is 4.98 Å². The normalized spacial score (nSPS) is 10.7. The SMILES string of the molecule is Nc1ccc(-c2nc(-c3ccccc3Br)no2)cc1F.